The maximum absolute atomic E-state index is 13.8. The zero-order chi connectivity index (χ0) is 15.4. The largest absolute Gasteiger partial charge is 0.493 e. The monoisotopic (exact) mass is 313 g/mol. The number of carbonyl (C=O) groups is 1. The van der Waals surface area contributed by atoms with Crippen LogP contribution in [0.1, 0.15) is 16.9 Å². The number of nitrogens with zero attached hydrogens (tertiary/aromatic N) is 1. The van der Waals surface area contributed by atoms with Crippen molar-refractivity contribution in [2.24, 2.45) is 0 Å². The predicted molar refractivity (Wildman–Crippen MR) is 75.7 cm³/mol. The molecule has 0 unspecified atom stereocenters. The lowest BCUT2D eigenvalue weighted by Crippen LogP contribution is -2.06. The molecule has 21 heavy (non-hydrogen) atoms. The van der Waals surface area contributed by atoms with Crippen LogP contribution in [0.25, 0.3) is 10.9 Å². The second kappa shape index (κ2) is 6.69. The molecular formula is C14H13ClFNO4. The molecule has 112 valence electrons. The van der Waals surface area contributed by atoms with Gasteiger partial charge in [-0.15, -0.1) is 0 Å². The molecule has 0 spiro atoms. The number of benzene rings is 1. The van der Waals surface area contributed by atoms with E-state index in [2.05, 4.69) is 4.98 Å². The van der Waals surface area contributed by atoms with Crippen molar-refractivity contribution < 1.29 is 23.8 Å². The smallest absolute Gasteiger partial charge is 0.354 e. The van der Waals surface area contributed by atoms with Crippen molar-refractivity contribution in [1.82, 2.24) is 4.98 Å². The molecule has 1 aromatic carbocycles. The highest BCUT2D eigenvalue weighted by Gasteiger charge is 2.17. The summed E-state index contributed by atoms with van der Waals surface area (Å²) in [4.78, 5) is 14.9. The molecule has 0 saturated heterocycles. The maximum atomic E-state index is 13.8. The van der Waals surface area contributed by atoms with Crippen LogP contribution < -0.4 is 4.74 Å². The van der Waals surface area contributed by atoms with Gasteiger partial charge in [0.25, 0.3) is 0 Å². The first-order valence-electron chi connectivity index (χ1n) is 6.18. The molecule has 0 aliphatic rings. The highest BCUT2D eigenvalue weighted by molar-refractivity contribution is 6.36. The molecular weight excluding hydrogens is 301 g/mol. The second-order valence-corrected chi connectivity index (χ2v) is 4.67. The zero-order valence-corrected chi connectivity index (χ0v) is 12.0. The molecule has 0 radical (unpaired) electrons. The van der Waals surface area contributed by atoms with Crippen molar-refractivity contribution in [2.75, 3.05) is 20.3 Å². The van der Waals surface area contributed by atoms with Crippen LogP contribution in [0.5, 0.6) is 5.75 Å². The van der Waals surface area contributed by atoms with E-state index in [1.165, 1.54) is 12.1 Å². The number of halogens is 2. The van der Waals surface area contributed by atoms with Gasteiger partial charge in [0.1, 0.15) is 17.1 Å². The third kappa shape index (κ3) is 3.40. The van der Waals surface area contributed by atoms with Gasteiger partial charge in [-0.25, -0.2) is 14.2 Å². The number of pyridine rings is 1. The fourth-order valence-electron chi connectivity index (χ4n) is 1.84. The lowest BCUT2D eigenvalue weighted by atomic mass is 10.1. The molecule has 5 nitrogen and oxygen atoms in total. The number of fused-ring (bicyclic) bond motifs is 1. The van der Waals surface area contributed by atoms with Crippen molar-refractivity contribution in [3.8, 4) is 5.75 Å². The van der Waals surface area contributed by atoms with E-state index >= 15 is 0 Å². The van der Waals surface area contributed by atoms with Crippen LogP contribution in [0.4, 0.5) is 4.39 Å². The van der Waals surface area contributed by atoms with Crippen LogP contribution in [-0.2, 0) is 4.74 Å². The van der Waals surface area contributed by atoms with Crippen molar-refractivity contribution >= 4 is 28.5 Å². The minimum atomic E-state index is -1.27. The molecule has 1 heterocycles. The van der Waals surface area contributed by atoms with Gasteiger partial charge in [0, 0.05) is 26.2 Å². The summed E-state index contributed by atoms with van der Waals surface area (Å²) in [5.41, 5.74) is -0.422. The Kier molecular flexibility index (Phi) is 4.93. The molecule has 0 atom stereocenters. The molecule has 0 fully saturated rings. The van der Waals surface area contributed by atoms with Gasteiger partial charge in [0.05, 0.1) is 17.0 Å². The minimum Gasteiger partial charge on any atom is -0.493 e. The normalized spacial score (nSPS) is 10.8. The predicted octanol–water partition coefficient (Wildman–Crippen LogP) is 3.14. The Morgan fingerprint density at radius 2 is 2.19 bits per heavy atom. The van der Waals surface area contributed by atoms with E-state index in [4.69, 9.17) is 26.2 Å². The van der Waals surface area contributed by atoms with E-state index < -0.39 is 11.8 Å². The Labute approximate surface area is 125 Å². The van der Waals surface area contributed by atoms with Gasteiger partial charge < -0.3 is 14.6 Å². The van der Waals surface area contributed by atoms with Crippen LogP contribution in [0.2, 0.25) is 5.02 Å². The van der Waals surface area contributed by atoms with Crippen LogP contribution in [0.3, 0.4) is 0 Å². The molecule has 2 aromatic rings. The van der Waals surface area contributed by atoms with Gasteiger partial charge in [-0.1, -0.05) is 11.6 Å². The van der Waals surface area contributed by atoms with Gasteiger partial charge in [-0.3, -0.25) is 0 Å². The molecule has 1 N–H and O–H groups in total. The van der Waals surface area contributed by atoms with E-state index in [-0.39, 0.29) is 27.4 Å². The summed E-state index contributed by atoms with van der Waals surface area (Å²) in [7, 11) is 1.57. The van der Waals surface area contributed by atoms with E-state index in [9.17, 15) is 9.18 Å². The number of rotatable bonds is 6. The lowest BCUT2D eigenvalue weighted by molar-refractivity contribution is 0.0690. The van der Waals surface area contributed by atoms with Crippen molar-refractivity contribution in [2.45, 2.75) is 6.42 Å². The van der Waals surface area contributed by atoms with E-state index in [0.29, 0.717) is 19.6 Å². The Morgan fingerprint density at radius 1 is 1.43 bits per heavy atom. The Bertz CT molecular complexity index is 678. The fraction of sp³-hybridized carbons (Fsp3) is 0.286. The Balaban J connectivity index is 2.49. The number of aromatic nitrogens is 1. The molecule has 7 heteroatoms. The maximum Gasteiger partial charge on any atom is 0.354 e. The fourth-order valence-corrected chi connectivity index (χ4v) is 2.09. The molecule has 1 aromatic heterocycles. The Hall–Kier alpha value is -1.92. The Morgan fingerprint density at radius 3 is 2.86 bits per heavy atom. The molecule has 2 rings (SSSR count). The number of aromatic carboxylic acids is 1. The summed E-state index contributed by atoms with van der Waals surface area (Å²) in [5, 5.41) is 9.56. The van der Waals surface area contributed by atoms with Crippen LogP contribution in [-0.4, -0.2) is 36.4 Å². The average molecular weight is 314 g/mol. The van der Waals surface area contributed by atoms with Gasteiger partial charge >= 0.3 is 5.97 Å². The van der Waals surface area contributed by atoms with Gasteiger partial charge in [-0.05, 0) is 12.1 Å². The number of methoxy groups -OCH3 is 1. The zero-order valence-electron chi connectivity index (χ0n) is 11.2. The SMILES string of the molecule is COCCCOc1cc(C(=O)O)nc2c(F)ccc(Cl)c12. The summed E-state index contributed by atoms with van der Waals surface area (Å²) in [6.45, 7) is 0.787. The van der Waals surface area contributed by atoms with E-state index in [0.717, 1.165) is 6.07 Å². The van der Waals surface area contributed by atoms with Crippen molar-refractivity contribution in [3.63, 3.8) is 0 Å². The van der Waals surface area contributed by atoms with Crippen LogP contribution >= 0.6 is 11.6 Å². The quantitative estimate of drug-likeness (QED) is 0.830. The van der Waals surface area contributed by atoms with E-state index in [1.54, 1.807) is 7.11 Å². The first-order chi connectivity index (χ1) is 10.0. The lowest BCUT2D eigenvalue weighted by Gasteiger charge is -2.11. The van der Waals surface area contributed by atoms with Crippen molar-refractivity contribution in [3.05, 3.63) is 34.7 Å². The number of ether oxygens (including phenoxy) is 2. The third-order valence-electron chi connectivity index (χ3n) is 2.79. The number of carboxylic acids is 1. The number of hydrogen-bond acceptors (Lipinski definition) is 4. The summed E-state index contributed by atoms with van der Waals surface area (Å²) < 4.78 is 24.3. The summed E-state index contributed by atoms with van der Waals surface area (Å²) in [5.74, 6) is -1.73. The molecule has 0 bridgehead atoms. The standard InChI is InChI=1S/C14H13ClFNO4/c1-20-5-2-6-21-11-7-10(14(18)19)17-13-9(16)4-3-8(15)12(11)13/h3-4,7H,2,5-6H2,1H3,(H,18,19). The first kappa shape index (κ1) is 15.5. The summed E-state index contributed by atoms with van der Waals surface area (Å²) in [6.07, 6.45) is 0.607. The van der Waals surface area contributed by atoms with Crippen LogP contribution in [0.15, 0.2) is 18.2 Å². The molecule has 0 amide bonds. The minimum absolute atomic E-state index is 0.121. The first-order valence-corrected chi connectivity index (χ1v) is 6.56. The van der Waals surface area contributed by atoms with Crippen LogP contribution in [0, 0.1) is 5.82 Å². The van der Waals surface area contributed by atoms with Gasteiger partial charge in [-0.2, -0.15) is 0 Å². The molecule has 0 aliphatic carbocycles. The molecule has 0 aliphatic heterocycles. The van der Waals surface area contributed by atoms with Gasteiger partial charge in [0.2, 0.25) is 0 Å². The van der Waals surface area contributed by atoms with E-state index in [1.807, 2.05) is 0 Å². The average Bonchev–Trinajstić information content (AvgIpc) is 2.47. The summed E-state index contributed by atoms with van der Waals surface area (Å²) >= 11 is 6.05. The topological polar surface area (TPSA) is 68.7 Å². The second-order valence-electron chi connectivity index (χ2n) is 4.26. The highest BCUT2D eigenvalue weighted by atomic mass is 35.5. The highest BCUT2D eigenvalue weighted by Crippen LogP contribution is 2.33. The third-order valence-corrected chi connectivity index (χ3v) is 3.11. The number of hydrogen-bond donors (Lipinski definition) is 1. The summed E-state index contributed by atoms with van der Waals surface area (Å²) in [6, 6.07) is 3.75. The van der Waals surface area contributed by atoms with Gasteiger partial charge in [0.15, 0.2) is 5.69 Å². The van der Waals surface area contributed by atoms with Crippen molar-refractivity contribution in [1.29, 1.82) is 0 Å². The number of carboxylic acid groups (broad SMARTS) is 1. The molecule has 0 saturated carbocycles.